The van der Waals surface area contributed by atoms with E-state index in [1.165, 1.54) is 16.5 Å². The Bertz CT molecular complexity index is 671. The Morgan fingerprint density at radius 3 is 2.43 bits per heavy atom. The summed E-state index contributed by atoms with van der Waals surface area (Å²) >= 11 is 0. The zero-order valence-electron chi connectivity index (χ0n) is 14.1. The zero-order chi connectivity index (χ0) is 15.4. The van der Waals surface area contributed by atoms with Crippen LogP contribution in [0.4, 0.5) is 0 Å². The molecule has 0 bridgehead atoms. The van der Waals surface area contributed by atoms with Crippen molar-refractivity contribution >= 4 is 11.0 Å². The van der Waals surface area contributed by atoms with Crippen molar-refractivity contribution in [2.45, 2.75) is 65.5 Å². The molecule has 0 saturated heterocycles. The lowest BCUT2D eigenvalue weighted by Gasteiger charge is -2.39. The summed E-state index contributed by atoms with van der Waals surface area (Å²) in [6, 6.07) is 4.46. The quantitative estimate of drug-likeness (QED) is 0.724. The van der Waals surface area contributed by atoms with Crippen LogP contribution in [0.5, 0.6) is 0 Å². The summed E-state index contributed by atoms with van der Waals surface area (Å²) in [6.45, 7) is 15.5. The average molecular weight is 286 g/mol. The predicted octanol–water partition coefficient (Wildman–Crippen LogP) is 4.28. The molecule has 0 amide bonds. The van der Waals surface area contributed by atoms with E-state index in [1.54, 1.807) is 0 Å². The molecule has 1 aromatic carbocycles. The minimum Gasteiger partial charge on any atom is -0.356 e. The smallest absolute Gasteiger partial charge is 0.171 e. The summed E-state index contributed by atoms with van der Waals surface area (Å²) in [4.78, 5) is 2.52. The fraction of sp³-hybridized carbons (Fsp3) is 0.611. The highest BCUT2D eigenvalue weighted by Gasteiger charge is 2.30. The molecule has 0 aliphatic carbocycles. The summed E-state index contributed by atoms with van der Waals surface area (Å²) < 4.78 is 5.76. The molecule has 0 N–H and O–H groups in total. The molecule has 3 rings (SSSR count). The molecule has 0 unspecified atom stereocenters. The maximum Gasteiger partial charge on any atom is 0.171 e. The van der Waals surface area contributed by atoms with Crippen LogP contribution in [-0.4, -0.2) is 22.1 Å². The van der Waals surface area contributed by atoms with Crippen LogP contribution in [0, 0.1) is 0 Å². The molecular formula is C18H26N2O. The topological polar surface area (TPSA) is 29.3 Å². The fourth-order valence-corrected chi connectivity index (χ4v) is 3.15. The van der Waals surface area contributed by atoms with E-state index in [0.717, 1.165) is 30.8 Å². The second-order valence-corrected chi connectivity index (χ2v) is 8.20. The van der Waals surface area contributed by atoms with E-state index < -0.39 is 0 Å². The third kappa shape index (κ3) is 2.48. The molecule has 0 fully saturated rings. The van der Waals surface area contributed by atoms with Crippen LogP contribution in [0.1, 0.15) is 58.4 Å². The first-order chi connectivity index (χ1) is 9.68. The number of nitrogens with zero attached hydrogens (tertiary/aromatic N) is 2. The van der Waals surface area contributed by atoms with Gasteiger partial charge in [-0.2, -0.15) is 0 Å². The molecule has 1 aliphatic rings. The van der Waals surface area contributed by atoms with Crippen molar-refractivity contribution in [1.29, 1.82) is 0 Å². The highest BCUT2D eigenvalue weighted by atomic mass is 16.5. The first-order valence-corrected chi connectivity index (χ1v) is 7.83. The Balaban J connectivity index is 2.11. The minimum atomic E-state index is 0.0118. The van der Waals surface area contributed by atoms with Gasteiger partial charge in [0.05, 0.1) is 5.69 Å². The van der Waals surface area contributed by atoms with Crippen LogP contribution >= 0.6 is 0 Å². The lowest BCUT2D eigenvalue weighted by atomic mass is 9.87. The van der Waals surface area contributed by atoms with E-state index in [2.05, 4.69) is 63.7 Å². The number of rotatable bonds is 0. The number of aromatic nitrogens is 1. The largest absolute Gasteiger partial charge is 0.356 e. The molecular weight excluding hydrogens is 260 g/mol. The number of hydrogen-bond donors (Lipinski definition) is 0. The molecule has 114 valence electrons. The van der Waals surface area contributed by atoms with Gasteiger partial charge in [0, 0.05) is 35.0 Å². The second kappa shape index (κ2) is 4.57. The van der Waals surface area contributed by atoms with Crippen LogP contribution in [0.3, 0.4) is 0 Å². The van der Waals surface area contributed by atoms with Gasteiger partial charge < -0.3 is 4.52 Å². The van der Waals surface area contributed by atoms with Crippen molar-refractivity contribution in [2.24, 2.45) is 0 Å². The molecule has 0 radical (unpaired) electrons. The lowest BCUT2D eigenvalue weighted by Crippen LogP contribution is -2.44. The van der Waals surface area contributed by atoms with Gasteiger partial charge in [-0.3, -0.25) is 4.90 Å². The first kappa shape index (κ1) is 14.6. The van der Waals surface area contributed by atoms with Gasteiger partial charge in [-0.15, -0.1) is 0 Å². The molecule has 3 heteroatoms. The van der Waals surface area contributed by atoms with Crippen molar-refractivity contribution in [3.05, 3.63) is 29.0 Å². The summed E-state index contributed by atoms with van der Waals surface area (Å²) in [5, 5.41) is 5.55. The first-order valence-electron chi connectivity index (χ1n) is 7.83. The maximum atomic E-state index is 5.76. The number of benzene rings is 1. The van der Waals surface area contributed by atoms with Crippen LogP contribution < -0.4 is 0 Å². The molecule has 21 heavy (non-hydrogen) atoms. The van der Waals surface area contributed by atoms with Gasteiger partial charge in [0.2, 0.25) is 0 Å². The van der Waals surface area contributed by atoms with Gasteiger partial charge in [-0.05, 0) is 38.8 Å². The Kier molecular flexibility index (Phi) is 3.17. The number of hydrogen-bond acceptors (Lipinski definition) is 3. The van der Waals surface area contributed by atoms with Gasteiger partial charge in [0.1, 0.15) is 0 Å². The average Bonchev–Trinajstić information content (AvgIpc) is 2.80. The predicted molar refractivity (Wildman–Crippen MR) is 86.6 cm³/mol. The van der Waals surface area contributed by atoms with Gasteiger partial charge in [-0.1, -0.05) is 32.0 Å². The Morgan fingerprint density at radius 2 is 1.81 bits per heavy atom. The molecule has 0 atom stereocenters. The number of fused-ring (bicyclic) bond motifs is 3. The molecule has 1 aliphatic heterocycles. The lowest BCUT2D eigenvalue weighted by molar-refractivity contribution is 0.121. The summed E-state index contributed by atoms with van der Waals surface area (Å²) in [5.74, 6) is 0. The minimum absolute atomic E-state index is 0.0118. The van der Waals surface area contributed by atoms with E-state index in [0.29, 0.717) is 0 Å². The van der Waals surface area contributed by atoms with Crippen molar-refractivity contribution < 1.29 is 4.52 Å². The monoisotopic (exact) mass is 286 g/mol. The molecule has 0 saturated carbocycles. The van der Waals surface area contributed by atoms with E-state index in [-0.39, 0.29) is 11.0 Å². The molecule has 0 spiro atoms. The molecule has 2 aromatic rings. The third-order valence-electron chi connectivity index (χ3n) is 4.50. The van der Waals surface area contributed by atoms with E-state index in [1.807, 2.05) is 0 Å². The van der Waals surface area contributed by atoms with Gasteiger partial charge in [0.15, 0.2) is 5.58 Å². The van der Waals surface area contributed by atoms with Crippen molar-refractivity contribution in [2.75, 3.05) is 6.54 Å². The zero-order valence-corrected chi connectivity index (χ0v) is 14.1. The fourth-order valence-electron chi connectivity index (χ4n) is 3.15. The van der Waals surface area contributed by atoms with Crippen LogP contribution in [0.15, 0.2) is 16.7 Å². The van der Waals surface area contributed by atoms with E-state index in [4.69, 9.17) is 4.52 Å². The Labute approximate surface area is 127 Å². The van der Waals surface area contributed by atoms with Gasteiger partial charge in [0.25, 0.3) is 0 Å². The summed E-state index contributed by atoms with van der Waals surface area (Å²) in [5.41, 5.74) is 5.00. The molecule has 3 nitrogen and oxygen atoms in total. The van der Waals surface area contributed by atoms with E-state index in [9.17, 15) is 0 Å². The summed E-state index contributed by atoms with van der Waals surface area (Å²) in [7, 11) is 0. The second-order valence-electron chi connectivity index (χ2n) is 8.20. The third-order valence-corrected chi connectivity index (χ3v) is 4.50. The normalized spacial score (nSPS) is 17.2. The Morgan fingerprint density at radius 1 is 1.10 bits per heavy atom. The molecule has 2 heterocycles. The van der Waals surface area contributed by atoms with Crippen molar-refractivity contribution in [3.8, 4) is 0 Å². The standard InChI is InChI=1S/C18H26N2O/c1-17(2,3)16-13-8-7-12-9-10-20(18(4,5)6)11-14(12)15(13)21-19-16/h7-8H,9-11H2,1-6H3. The highest BCUT2D eigenvalue weighted by Crippen LogP contribution is 2.35. The van der Waals surface area contributed by atoms with Crippen molar-refractivity contribution in [3.63, 3.8) is 0 Å². The van der Waals surface area contributed by atoms with Crippen LogP contribution in [0.25, 0.3) is 11.0 Å². The van der Waals surface area contributed by atoms with Gasteiger partial charge in [-0.25, -0.2) is 0 Å². The SMILES string of the molecule is CC(C)(C)c1noc2c3c(ccc12)CCN(C(C)(C)C)C3. The highest BCUT2D eigenvalue weighted by molar-refractivity contribution is 5.84. The van der Waals surface area contributed by atoms with Crippen molar-refractivity contribution in [1.82, 2.24) is 10.1 Å². The molecule has 1 aromatic heterocycles. The Hall–Kier alpha value is -1.35. The van der Waals surface area contributed by atoms with Crippen LogP contribution in [0.2, 0.25) is 0 Å². The van der Waals surface area contributed by atoms with Crippen LogP contribution in [-0.2, 0) is 18.4 Å². The van der Waals surface area contributed by atoms with E-state index >= 15 is 0 Å². The summed E-state index contributed by atoms with van der Waals surface area (Å²) in [6.07, 6.45) is 1.09. The maximum absolute atomic E-state index is 5.76. The van der Waals surface area contributed by atoms with Gasteiger partial charge >= 0.3 is 0 Å².